The molecule has 4 rings (SSSR count). The van der Waals surface area contributed by atoms with E-state index in [9.17, 15) is 81.1 Å². The molecule has 0 aliphatic carbocycles. The number of aliphatic hydroxyl groups is 14. The zero-order valence-corrected chi connectivity index (χ0v) is 57.8. The fourth-order valence-electron chi connectivity index (χ4n) is 13.1. The highest BCUT2D eigenvalue weighted by atomic mass is 16.8. The van der Waals surface area contributed by atoms with Crippen molar-refractivity contribution < 1.29 is 119 Å². The van der Waals surface area contributed by atoms with E-state index in [4.69, 9.17) is 37.9 Å². The largest absolute Gasteiger partial charge is 0.394 e. The third-order valence-electron chi connectivity index (χ3n) is 19.3. The first-order chi connectivity index (χ1) is 45.7. The Morgan fingerprint density at radius 1 is 0.421 bits per heavy atom. The van der Waals surface area contributed by atoms with E-state index >= 15 is 0 Å². The maximum atomic E-state index is 13.7. The highest BCUT2D eigenvalue weighted by molar-refractivity contribution is 5.80. The van der Waals surface area contributed by atoms with Crippen LogP contribution in [0.2, 0.25) is 0 Å². The highest BCUT2D eigenvalue weighted by Gasteiger charge is 2.54. The quantitative estimate of drug-likeness (QED) is 0.0386. The number of hydrogen-bond acceptors (Lipinski definition) is 24. The molecule has 26 heteroatoms. The van der Waals surface area contributed by atoms with Crippen LogP contribution < -0.4 is 10.6 Å². The summed E-state index contributed by atoms with van der Waals surface area (Å²) in [6.07, 6.45) is 0.934. The molecule has 4 aliphatic heterocycles. The Morgan fingerprint density at radius 3 is 1.27 bits per heavy atom. The lowest BCUT2D eigenvalue weighted by Crippen LogP contribution is -2.68. The van der Waals surface area contributed by atoms with Gasteiger partial charge in [-0.3, -0.25) is 9.59 Å². The smallest absolute Gasteiger partial charge is 0.249 e. The summed E-state index contributed by atoms with van der Waals surface area (Å²) >= 11 is 0. The number of hydrogen-bond donors (Lipinski definition) is 16. The Hall–Kier alpha value is -1.94. The van der Waals surface area contributed by atoms with Gasteiger partial charge in [-0.15, -0.1) is 0 Å². The predicted molar refractivity (Wildman–Crippen MR) is 351 cm³/mol. The summed E-state index contributed by atoms with van der Waals surface area (Å²) in [5.41, 5.74) is 0. The third kappa shape index (κ3) is 30.3. The van der Waals surface area contributed by atoms with Crippen LogP contribution in [-0.4, -0.2) is 257 Å². The van der Waals surface area contributed by atoms with Gasteiger partial charge in [0, 0.05) is 6.92 Å². The van der Waals surface area contributed by atoms with Gasteiger partial charge in [-0.05, 0) is 19.8 Å². The van der Waals surface area contributed by atoms with Crippen LogP contribution in [0.25, 0.3) is 0 Å². The molecule has 4 fully saturated rings. The third-order valence-corrected chi connectivity index (χ3v) is 19.3. The van der Waals surface area contributed by atoms with Crippen LogP contribution in [0.3, 0.4) is 0 Å². The molecule has 0 aromatic heterocycles. The van der Waals surface area contributed by atoms with E-state index in [0.29, 0.717) is 12.8 Å². The van der Waals surface area contributed by atoms with E-state index in [1.807, 2.05) is 0 Å². The Labute approximate surface area is 565 Å². The molecule has 95 heavy (non-hydrogen) atoms. The molecule has 16 N–H and O–H groups in total. The number of nitrogens with one attached hydrogen (secondary N) is 2. The second-order valence-electron chi connectivity index (χ2n) is 27.4. The van der Waals surface area contributed by atoms with Crippen molar-refractivity contribution in [1.82, 2.24) is 10.6 Å². The molecular weight excluding hydrogens is 1240 g/mol. The van der Waals surface area contributed by atoms with Crippen LogP contribution in [0.1, 0.15) is 252 Å². The van der Waals surface area contributed by atoms with E-state index in [1.165, 1.54) is 148 Å². The lowest BCUT2D eigenvalue weighted by Gasteiger charge is -2.48. The van der Waals surface area contributed by atoms with Crippen molar-refractivity contribution in [3.8, 4) is 0 Å². The van der Waals surface area contributed by atoms with Crippen molar-refractivity contribution in [2.24, 2.45) is 0 Å². The Bertz CT molecular complexity index is 1960. The molecule has 0 spiro atoms. The summed E-state index contributed by atoms with van der Waals surface area (Å²) in [7, 11) is 0. The minimum absolute atomic E-state index is 0.124. The molecule has 2 amide bonds. The molecule has 4 saturated heterocycles. The maximum absolute atomic E-state index is 13.7. The predicted octanol–water partition coefficient (Wildman–Crippen LogP) is 3.71. The average Bonchev–Trinajstić information content (AvgIpc) is 0.790. The molecule has 24 atom stereocenters. The Morgan fingerprint density at radius 2 is 0.811 bits per heavy atom. The first kappa shape index (κ1) is 85.5. The lowest BCUT2D eigenvalue weighted by molar-refractivity contribution is -0.373. The van der Waals surface area contributed by atoms with Crippen LogP contribution in [-0.2, 0) is 47.5 Å². The summed E-state index contributed by atoms with van der Waals surface area (Å²) in [5.74, 6) is -1.55. The summed E-state index contributed by atoms with van der Waals surface area (Å²) in [6.45, 7) is 3.79. The van der Waals surface area contributed by atoms with Crippen molar-refractivity contribution in [1.29, 1.82) is 0 Å². The number of rotatable bonds is 52. The van der Waals surface area contributed by atoms with Crippen molar-refractivity contribution in [3.05, 3.63) is 0 Å². The lowest BCUT2D eigenvalue weighted by atomic mass is 9.95. The molecule has 0 aromatic carbocycles. The first-order valence-corrected chi connectivity index (χ1v) is 36.8. The van der Waals surface area contributed by atoms with Gasteiger partial charge in [0.05, 0.1) is 44.7 Å². The molecule has 4 aliphatic rings. The van der Waals surface area contributed by atoms with Crippen molar-refractivity contribution in [2.45, 2.75) is 400 Å². The minimum Gasteiger partial charge on any atom is -0.394 e. The Kier molecular flexibility index (Phi) is 43.9. The second kappa shape index (κ2) is 48.8. The van der Waals surface area contributed by atoms with Gasteiger partial charge in [0.25, 0.3) is 0 Å². The van der Waals surface area contributed by atoms with Gasteiger partial charge >= 0.3 is 0 Å². The number of unbranched alkanes of at least 4 members (excludes halogenated alkanes) is 31. The number of ether oxygens (including phenoxy) is 8. The first-order valence-electron chi connectivity index (χ1n) is 36.8. The summed E-state index contributed by atoms with van der Waals surface area (Å²) in [4.78, 5) is 26.3. The van der Waals surface area contributed by atoms with E-state index in [0.717, 1.165) is 64.7 Å². The molecule has 0 unspecified atom stereocenters. The molecule has 26 nitrogen and oxygen atoms in total. The molecule has 4 heterocycles. The molecule has 560 valence electrons. The monoisotopic (exact) mass is 1370 g/mol. The topological polar surface area (TPSA) is 415 Å². The van der Waals surface area contributed by atoms with Crippen LogP contribution >= 0.6 is 0 Å². The highest BCUT2D eigenvalue weighted by Crippen LogP contribution is 2.34. The minimum atomic E-state index is -2.10. The van der Waals surface area contributed by atoms with Gasteiger partial charge in [-0.25, -0.2) is 0 Å². The number of amides is 2. The van der Waals surface area contributed by atoms with Gasteiger partial charge in [0.1, 0.15) is 104 Å². The molecular formula is C69H130N2O24. The summed E-state index contributed by atoms with van der Waals surface area (Å²) in [6, 6.07) is -2.93. The van der Waals surface area contributed by atoms with E-state index in [1.54, 1.807) is 0 Å². The SMILES string of the molecule is CCCCCCCCCCCCCCCCCCCCCCC[C@@H](O)C(=O)N[C@@H](CO[C@H]1O[C@H](CO)[C@H](O)[C@H](O)[C@H]1O[C@H]1O[C@H](CO[C@@H]2O[C@H](CO)[C@H](O)[C@H](O[C@@H]3O[C@@H](C)[C@H](O)[C@@H](O)[C@H]3O)[C@H]2NC(C)=O)[C@H](O)[C@H](O)[C@H]1O)[C@H](O)[C@H](O)CCCCCCCCCCCCCC. The zero-order chi connectivity index (χ0) is 69.7. The fraction of sp³-hybridized carbons (Fsp3) is 0.971. The Balaban J connectivity index is 1.37. The van der Waals surface area contributed by atoms with E-state index in [2.05, 4.69) is 24.5 Å². The van der Waals surface area contributed by atoms with Crippen LogP contribution in [0.5, 0.6) is 0 Å². The van der Waals surface area contributed by atoms with Crippen molar-refractivity contribution in [2.75, 3.05) is 26.4 Å². The van der Waals surface area contributed by atoms with Gasteiger partial charge in [-0.1, -0.05) is 226 Å². The normalized spacial score (nSPS) is 32.6. The van der Waals surface area contributed by atoms with Gasteiger partial charge in [0.15, 0.2) is 25.2 Å². The van der Waals surface area contributed by atoms with Crippen LogP contribution in [0.15, 0.2) is 0 Å². The van der Waals surface area contributed by atoms with Crippen LogP contribution in [0, 0.1) is 0 Å². The van der Waals surface area contributed by atoms with Gasteiger partial charge in [0.2, 0.25) is 11.8 Å². The summed E-state index contributed by atoms with van der Waals surface area (Å²) in [5, 5.41) is 159. The van der Waals surface area contributed by atoms with Gasteiger partial charge in [-0.2, -0.15) is 0 Å². The fourth-order valence-corrected chi connectivity index (χ4v) is 13.1. The molecule has 0 aromatic rings. The second-order valence-corrected chi connectivity index (χ2v) is 27.4. The number of aliphatic hydroxyl groups excluding tert-OH is 14. The standard InChI is InChI=1S/C69H130N2O24/c1-5-7-9-11-13-15-17-19-20-21-22-23-24-25-26-27-29-31-33-35-37-39-48(76)65(87)71-46(54(78)47(75)38-36-34-32-30-28-18-16-14-12-10-8-6-2)42-88-69-64(60(84)55(79)49(40-72)92-69)95-68-62(86)59(83)56(80)51(93-68)43-89-66-52(70-45(4)74)63(57(81)50(41-73)91-66)94-67-61(85)58(82)53(77)44(3)90-67/h44,46-64,66-69,72-73,75-86H,5-43H2,1-4H3,(H,70,74)(H,71,87)/t44-,46-,47+,48+,49+,50+,51+,52+,53-,54-,55-,56-,57-,58+,59-,60-,61+,62+,63+,64+,66+,67-,68+,69-/m0/s1. The molecule has 0 bridgehead atoms. The van der Waals surface area contributed by atoms with E-state index < -0.39 is 185 Å². The van der Waals surface area contributed by atoms with E-state index in [-0.39, 0.29) is 12.8 Å². The number of carbonyl (C=O) groups is 2. The number of carbonyl (C=O) groups excluding carboxylic acids is 2. The maximum Gasteiger partial charge on any atom is 0.249 e. The zero-order valence-electron chi connectivity index (χ0n) is 57.8. The van der Waals surface area contributed by atoms with Crippen molar-refractivity contribution >= 4 is 11.8 Å². The molecule has 0 saturated carbocycles. The summed E-state index contributed by atoms with van der Waals surface area (Å²) < 4.78 is 47.2. The molecule has 0 radical (unpaired) electrons. The van der Waals surface area contributed by atoms with Crippen LogP contribution in [0.4, 0.5) is 0 Å². The van der Waals surface area contributed by atoms with Gasteiger partial charge < -0.3 is 120 Å². The average molecular weight is 1370 g/mol. The van der Waals surface area contributed by atoms with Crippen molar-refractivity contribution in [3.63, 3.8) is 0 Å².